The summed E-state index contributed by atoms with van der Waals surface area (Å²) in [6, 6.07) is 3.64. The van der Waals surface area contributed by atoms with Crippen molar-refractivity contribution in [3.8, 4) is 0 Å². The predicted molar refractivity (Wildman–Crippen MR) is 63.2 cm³/mol. The van der Waals surface area contributed by atoms with Crippen LogP contribution in [0.15, 0.2) is 23.1 Å². The highest BCUT2D eigenvalue weighted by Gasteiger charge is 1.94. The predicted octanol–water partition coefficient (Wildman–Crippen LogP) is 1.55. The Morgan fingerprint density at radius 3 is 2.87 bits per heavy atom. The molecule has 0 atom stereocenters. The van der Waals surface area contributed by atoms with Gasteiger partial charge >= 0.3 is 0 Å². The van der Waals surface area contributed by atoms with Crippen LogP contribution in [0.4, 0.5) is 0 Å². The molecule has 84 valence electrons. The summed E-state index contributed by atoms with van der Waals surface area (Å²) in [6.45, 7) is 6.76. The van der Waals surface area contributed by atoms with E-state index in [0.29, 0.717) is 0 Å². The summed E-state index contributed by atoms with van der Waals surface area (Å²) in [6.07, 6.45) is 4.26. The van der Waals surface area contributed by atoms with Gasteiger partial charge in [0.1, 0.15) is 0 Å². The molecule has 0 saturated carbocycles. The van der Waals surface area contributed by atoms with E-state index in [2.05, 4.69) is 12.2 Å². The molecular formula is C12H20N2O. The zero-order valence-electron chi connectivity index (χ0n) is 9.62. The number of rotatable bonds is 6. The number of nitrogens with zero attached hydrogens (tertiary/aromatic N) is 1. The Morgan fingerprint density at radius 2 is 2.20 bits per heavy atom. The van der Waals surface area contributed by atoms with E-state index >= 15 is 0 Å². The average molecular weight is 208 g/mol. The lowest BCUT2D eigenvalue weighted by molar-refractivity contribution is 0.570. The molecule has 0 radical (unpaired) electrons. The third-order valence-electron chi connectivity index (χ3n) is 2.39. The number of aryl methyl sites for hydroxylation is 1. The van der Waals surface area contributed by atoms with Crippen molar-refractivity contribution < 1.29 is 0 Å². The normalized spacial score (nSPS) is 10.5. The van der Waals surface area contributed by atoms with Gasteiger partial charge in [-0.05, 0) is 31.5 Å². The minimum atomic E-state index is 0.0901. The molecule has 0 saturated heterocycles. The Bertz CT molecular complexity index is 344. The standard InChI is InChI=1S/C12H20N2O/c1-3-4-6-13-7-9-14-8-5-11(2)10-12(14)15/h5,8,10,13H,3-4,6-7,9H2,1-2H3. The molecule has 1 aromatic rings. The van der Waals surface area contributed by atoms with Gasteiger partial charge in [0.15, 0.2) is 0 Å². The highest BCUT2D eigenvalue weighted by Crippen LogP contribution is 1.90. The summed E-state index contributed by atoms with van der Waals surface area (Å²) >= 11 is 0. The van der Waals surface area contributed by atoms with Gasteiger partial charge in [-0.15, -0.1) is 0 Å². The minimum Gasteiger partial charge on any atom is -0.315 e. The lowest BCUT2D eigenvalue weighted by atomic mass is 10.3. The first-order chi connectivity index (χ1) is 7.24. The number of hydrogen-bond donors (Lipinski definition) is 1. The van der Waals surface area contributed by atoms with Crippen LogP contribution in [0.5, 0.6) is 0 Å². The molecular weight excluding hydrogens is 188 g/mol. The fourth-order valence-corrected chi connectivity index (χ4v) is 1.42. The highest BCUT2D eigenvalue weighted by atomic mass is 16.1. The second-order valence-corrected chi connectivity index (χ2v) is 3.84. The van der Waals surface area contributed by atoms with Gasteiger partial charge in [-0.1, -0.05) is 13.3 Å². The van der Waals surface area contributed by atoms with Gasteiger partial charge in [0.25, 0.3) is 5.56 Å². The molecule has 0 aliphatic carbocycles. The Hall–Kier alpha value is -1.09. The molecule has 0 fully saturated rings. The second-order valence-electron chi connectivity index (χ2n) is 3.84. The Balaban J connectivity index is 2.34. The molecule has 1 aromatic heterocycles. The summed E-state index contributed by atoms with van der Waals surface area (Å²) in [4.78, 5) is 11.5. The molecule has 1 heterocycles. The van der Waals surface area contributed by atoms with E-state index in [-0.39, 0.29) is 5.56 Å². The van der Waals surface area contributed by atoms with Crippen LogP contribution >= 0.6 is 0 Å². The summed E-state index contributed by atoms with van der Waals surface area (Å²) in [7, 11) is 0. The topological polar surface area (TPSA) is 34.0 Å². The van der Waals surface area contributed by atoms with Gasteiger partial charge < -0.3 is 9.88 Å². The molecule has 0 bridgehead atoms. The van der Waals surface area contributed by atoms with Crippen LogP contribution in [0.25, 0.3) is 0 Å². The van der Waals surface area contributed by atoms with Crippen molar-refractivity contribution in [1.82, 2.24) is 9.88 Å². The smallest absolute Gasteiger partial charge is 0.250 e. The minimum absolute atomic E-state index is 0.0901. The molecule has 0 aliphatic heterocycles. The van der Waals surface area contributed by atoms with E-state index in [9.17, 15) is 4.79 Å². The van der Waals surface area contributed by atoms with Gasteiger partial charge in [-0.3, -0.25) is 4.79 Å². The van der Waals surface area contributed by atoms with Crippen molar-refractivity contribution in [3.05, 3.63) is 34.2 Å². The summed E-state index contributed by atoms with van der Waals surface area (Å²) in [5.74, 6) is 0. The van der Waals surface area contributed by atoms with Crippen LogP contribution in [0.3, 0.4) is 0 Å². The second kappa shape index (κ2) is 6.40. The highest BCUT2D eigenvalue weighted by molar-refractivity contribution is 5.07. The first-order valence-electron chi connectivity index (χ1n) is 5.62. The summed E-state index contributed by atoms with van der Waals surface area (Å²) in [5.41, 5.74) is 1.11. The largest absolute Gasteiger partial charge is 0.315 e. The van der Waals surface area contributed by atoms with Crippen LogP contribution in [0.1, 0.15) is 25.3 Å². The number of hydrogen-bond acceptors (Lipinski definition) is 2. The molecule has 0 spiro atoms. The van der Waals surface area contributed by atoms with Crippen molar-refractivity contribution in [3.63, 3.8) is 0 Å². The summed E-state index contributed by atoms with van der Waals surface area (Å²) < 4.78 is 1.74. The van der Waals surface area contributed by atoms with E-state index in [1.54, 1.807) is 10.6 Å². The Labute approximate surface area is 91.1 Å². The van der Waals surface area contributed by atoms with E-state index in [0.717, 1.165) is 25.2 Å². The van der Waals surface area contributed by atoms with Crippen LogP contribution in [-0.2, 0) is 6.54 Å². The van der Waals surface area contributed by atoms with E-state index in [4.69, 9.17) is 0 Å². The van der Waals surface area contributed by atoms with Crippen LogP contribution in [-0.4, -0.2) is 17.7 Å². The molecule has 1 rings (SSSR count). The number of unbranched alkanes of at least 4 members (excludes halogenated alkanes) is 1. The average Bonchev–Trinajstić information content (AvgIpc) is 2.20. The van der Waals surface area contributed by atoms with Crippen molar-refractivity contribution in [2.75, 3.05) is 13.1 Å². The lowest BCUT2D eigenvalue weighted by Crippen LogP contribution is -2.26. The lowest BCUT2D eigenvalue weighted by Gasteiger charge is -2.06. The maximum absolute atomic E-state index is 11.5. The Morgan fingerprint density at radius 1 is 1.40 bits per heavy atom. The van der Waals surface area contributed by atoms with Crippen molar-refractivity contribution in [2.45, 2.75) is 33.2 Å². The van der Waals surface area contributed by atoms with Crippen LogP contribution in [0, 0.1) is 6.92 Å². The van der Waals surface area contributed by atoms with Crippen LogP contribution < -0.4 is 10.9 Å². The molecule has 3 nitrogen and oxygen atoms in total. The third-order valence-corrected chi connectivity index (χ3v) is 2.39. The molecule has 0 aliphatic rings. The molecule has 0 aromatic carbocycles. The van der Waals surface area contributed by atoms with Gasteiger partial charge in [0, 0.05) is 25.4 Å². The van der Waals surface area contributed by atoms with E-state index < -0.39 is 0 Å². The van der Waals surface area contributed by atoms with Gasteiger partial charge in [0.2, 0.25) is 0 Å². The maximum atomic E-state index is 11.5. The first kappa shape index (κ1) is 12.0. The Kier molecular flexibility index (Phi) is 5.12. The van der Waals surface area contributed by atoms with E-state index in [1.165, 1.54) is 12.8 Å². The van der Waals surface area contributed by atoms with Crippen molar-refractivity contribution in [2.24, 2.45) is 0 Å². The molecule has 1 N–H and O–H groups in total. The monoisotopic (exact) mass is 208 g/mol. The van der Waals surface area contributed by atoms with Crippen molar-refractivity contribution in [1.29, 1.82) is 0 Å². The third kappa shape index (κ3) is 4.30. The van der Waals surface area contributed by atoms with Gasteiger partial charge in [-0.25, -0.2) is 0 Å². The first-order valence-corrected chi connectivity index (χ1v) is 5.62. The van der Waals surface area contributed by atoms with Crippen LogP contribution in [0.2, 0.25) is 0 Å². The van der Waals surface area contributed by atoms with Crippen molar-refractivity contribution >= 4 is 0 Å². The zero-order chi connectivity index (χ0) is 11.1. The van der Waals surface area contributed by atoms with Gasteiger partial charge in [-0.2, -0.15) is 0 Å². The fraction of sp³-hybridized carbons (Fsp3) is 0.583. The SMILES string of the molecule is CCCCNCCn1ccc(C)cc1=O. The molecule has 3 heteroatoms. The number of nitrogens with one attached hydrogen (secondary N) is 1. The molecule has 0 amide bonds. The quantitative estimate of drug-likeness (QED) is 0.720. The fourth-order valence-electron chi connectivity index (χ4n) is 1.42. The molecule has 0 unspecified atom stereocenters. The number of aromatic nitrogens is 1. The molecule has 15 heavy (non-hydrogen) atoms. The maximum Gasteiger partial charge on any atom is 0.250 e. The summed E-state index contributed by atoms with van der Waals surface area (Å²) in [5, 5.41) is 3.32. The van der Waals surface area contributed by atoms with E-state index in [1.807, 2.05) is 19.2 Å². The van der Waals surface area contributed by atoms with Gasteiger partial charge in [0.05, 0.1) is 0 Å². The zero-order valence-corrected chi connectivity index (χ0v) is 9.62. The number of pyridine rings is 1.